The standard InChI is InChI=1S/C28H48N2O6/c1-9-10-13-29-26(33)19(4)14-23(31)22(30-27(34)36-28(5,6)7)17-21(18(2)3)15-20-11-12-25(35-8)24(32)16-20/h11-12,16,18-19,21-23,31-32H,9-10,13-15,17H2,1-8H3,(H,29,33)(H,30,34)/t19-,21+,22+,23+/m1/s1. The molecule has 0 unspecified atom stereocenters. The Bertz CT molecular complexity index is 821. The number of benzene rings is 1. The molecule has 8 heteroatoms. The molecule has 0 fully saturated rings. The van der Waals surface area contributed by atoms with Crippen LogP contribution in [0.4, 0.5) is 4.79 Å². The van der Waals surface area contributed by atoms with Crippen LogP contribution in [0.15, 0.2) is 18.2 Å². The predicted molar refractivity (Wildman–Crippen MR) is 142 cm³/mol. The molecule has 0 aliphatic heterocycles. The highest BCUT2D eigenvalue weighted by Gasteiger charge is 2.31. The maximum absolute atomic E-state index is 12.6. The van der Waals surface area contributed by atoms with Gasteiger partial charge in [0.25, 0.3) is 0 Å². The van der Waals surface area contributed by atoms with Crippen LogP contribution in [0, 0.1) is 17.8 Å². The zero-order chi connectivity index (χ0) is 27.5. The maximum Gasteiger partial charge on any atom is 0.407 e. The molecule has 0 heterocycles. The van der Waals surface area contributed by atoms with Crippen molar-refractivity contribution in [1.82, 2.24) is 10.6 Å². The van der Waals surface area contributed by atoms with E-state index in [1.165, 1.54) is 7.11 Å². The van der Waals surface area contributed by atoms with E-state index in [0.29, 0.717) is 25.1 Å². The molecule has 206 valence electrons. The number of phenols is 1. The van der Waals surface area contributed by atoms with Gasteiger partial charge in [0.2, 0.25) is 5.91 Å². The number of methoxy groups -OCH3 is 1. The number of nitrogens with one attached hydrogen (secondary N) is 2. The lowest BCUT2D eigenvalue weighted by Gasteiger charge is -2.32. The molecule has 1 rings (SSSR count). The van der Waals surface area contributed by atoms with E-state index in [4.69, 9.17) is 9.47 Å². The molecule has 0 spiro atoms. The van der Waals surface area contributed by atoms with Crippen molar-refractivity contribution in [2.75, 3.05) is 13.7 Å². The van der Waals surface area contributed by atoms with E-state index < -0.39 is 29.8 Å². The lowest BCUT2D eigenvalue weighted by Crippen LogP contribution is -2.48. The van der Waals surface area contributed by atoms with E-state index in [1.54, 1.807) is 39.8 Å². The molecular weight excluding hydrogens is 460 g/mol. The second kappa shape index (κ2) is 14.9. The molecule has 4 atom stereocenters. The molecule has 4 N–H and O–H groups in total. The first-order valence-corrected chi connectivity index (χ1v) is 13.1. The fraction of sp³-hybridized carbons (Fsp3) is 0.714. The lowest BCUT2D eigenvalue weighted by molar-refractivity contribution is -0.125. The van der Waals surface area contributed by atoms with Crippen LogP contribution in [0.2, 0.25) is 0 Å². The Labute approximate surface area is 217 Å². The molecule has 36 heavy (non-hydrogen) atoms. The summed E-state index contributed by atoms with van der Waals surface area (Å²) in [7, 11) is 1.50. The minimum atomic E-state index is -0.935. The van der Waals surface area contributed by atoms with Crippen molar-refractivity contribution in [3.63, 3.8) is 0 Å². The molecule has 0 aliphatic rings. The van der Waals surface area contributed by atoms with Crippen molar-refractivity contribution in [2.45, 2.75) is 98.3 Å². The Morgan fingerprint density at radius 3 is 2.31 bits per heavy atom. The molecule has 2 amide bonds. The van der Waals surface area contributed by atoms with Crippen LogP contribution in [0.3, 0.4) is 0 Å². The highest BCUT2D eigenvalue weighted by molar-refractivity contribution is 5.78. The highest BCUT2D eigenvalue weighted by Crippen LogP contribution is 2.30. The van der Waals surface area contributed by atoms with Crippen LogP contribution in [-0.4, -0.2) is 53.6 Å². The topological polar surface area (TPSA) is 117 Å². The van der Waals surface area contributed by atoms with E-state index in [0.717, 1.165) is 18.4 Å². The summed E-state index contributed by atoms with van der Waals surface area (Å²) in [5.41, 5.74) is 0.255. The third kappa shape index (κ3) is 11.5. The van der Waals surface area contributed by atoms with Crippen LogP contribution in [0.25, 0.3) is 0 Å². The first kappa shape index (κ1) is 31.5. The van der Waals surface area contributed by atoms with Gasteiger partial charge in [-0.15, -0.1) is 0 Å². The molecule has 0 aliphatic carbocycles. The van der Waals surface area contributed by atoms with Gasteiger partial charge in [-0.05, 0) is 76.0 Å². The Hall–Kier alpha value is -2.48. The Morgan fingerprint density at radius 2 is 1.78 bits per heavy atom. The van der Waals surface area contributed by atoms with Gasteiger partial charge in [0.05, 0.1) is 19.3 Å². The average molecular weight is 509 g/mol. The number of hydrogen-bond acceptors (Lipinski definition) is 6. The van der Waals surface area contributed by atoms with E-state index >= 15 is 0 Å². The molecule has 1 aromatic carbocycles. The second-order valence-electron chi connectivity index (χ2n) is 11.1. The van der Waals surface area contributed by atoms with Crippen molar-refractivity contribution in [1.29, 1.82) is 0 Å². The fourth-order valence-electron chi connectivity index (χ4n) is 4.05. The van der Waals surface area contributed by atoms with Crippen molar-refractivity contribution in [2.24, 2.45) is 17.8 Å². The summed E-state index contributed by atoms with van der Waals surface area (Å²) in [5.74, 6) is 0.290. The van der Waals surface area contributed by atoms with Gasteiger partial charge in [0, 0.05) is 12.5 Å². The quantitative estimate of drug-likeness (QED) is 0.268. The molecule has 0 saturated carbocycles. The molecule has 1 aromatic rings. The number of phenolic OH excluding ortho intramolecular Hbond substituents is 1. The van der Waals surface area contributed by atoms with Crippen LogP contribution in [0.5, 0.6) is 11.5 Å². The van der Waals surface area contributed by atoms with Crippen LogP contribution < -0.4 is 15.4 Å². The summed E-state index contributed by atoms with van der Waals surface area (Å²) < 4.78 is 10.6. The average Bonchev–Trinajstić information content (AvgIpc) is 2.76. The number of alkyl carbamates (subject to hydrolysis) is 1. The number of unbranched alkanes of at least 4 members (excludes halogenated alkanes) is 1. The summed E-state index contributed by atoms with van der Waals surface area (Å²) in [6, 6.07) is 4.71. The number of hydrogen-bond donors (Lipinski definition) is 4. The van der Waals surface area contributed by atoms with Gasteiger partial charge in [-0.3, -0.25) is 4.79 Å². The summed E-state index contributed by atoms with van der Waals surface area (Å²) in [4.78, 5) is 25.1. The first-order valence-electron chi connectivity index (χ1n) is 13.1. The summed E-state index contributed by atoms with van der Waals surface area (Å²) in [6.07, 6.45) is 1.69. The van der Waals surface area contributed by atoms with Crippen molar-refractivity contribution in [3.05, 3.63) is 23.8 Å². The number of aromatic hydroxyl groups is 1. The van der Waals surface area contributed by atoms with Gasteiger partial charge in [-0.1, -0.05) is 40.2 Å². The number of amides is 2. The SMILES string of the molecule is CCCCNC(=O)[C@H](C)C[C@H](O)[C@H](C[C@H](Cc1ccc(OC)c(O)c1)C(C)C)NC(=O)OC(C)(C)C. The van der Waals surface area contributed by atoms with Crippen LogP contribution in [-0.2, 0) is 16.0 Å². The Morgan fingerprint density at radius 1 is 1.11 bits per heavy atom. The van der Waals surface area contributed by atoms with Gasteiger partial charge in [-0.2, -0.15) is 0 Å². The Kier molecular flexibility index (Phi) is 13.1. The second-order valence-corrected chi connectivity index (χ2v) is 11.1. The van der Waals surface area contributed by atoms with Gasteiger partial charge < -0.3 is 30.3 Å². The third-order valence-corrected chi connectivity index (χ3v) is 6.28. The number of carbonyl (C=O) groups excluding carboxylic acids is 2. The zero-order valence-corrected chi connectivity index (χ0v) is 23.4. The van der Waals surface area contributed by atoms with E-state index in [-0.39, 0.29) is 29.9 Å². The molecule has 0 bridgehead atoms. The van der Waals surface area contributed by atoms with Gasteiger partial charge in [0.1, 0.15) is 5.60 Å². The van der Waals surface area contributed by atoms with Gasteiger partial charge >= 0.3 is 6.09 Å². The number of aliphatic hydroxyl groups excluding tert-OH is 1. The lowest BCUT2D eigenvalue weighted by atomic mass is 9.82. The van der Waals surface area contributed by atoms with Gasteiger partial charge in [0.15, 0.2) is 11.5 Å². The zero-order valence-electron chi connectivity index (χ0n) is 23.4. The smallest absolute Gasteiger partial charge is 0.407 e. The minimum Gasteiger partial charge on any atom is -0.504 e. The monoisotopic (exact) mass is 508 g/mol. The summed E-state index contributed by atoms with van der Waals surface area (Å²) in [5, 5.41) is 27.1. The minimum absolute atomic E-state index is 0.0730. The van der Waals surface area contributed by atoms with Crippen molar-refractivity contribution < 1.29 is 29.3 Å². The molecule has 0 radical (unpaired) electrons. The van der Waals surface area contributed by atoms with Crippen molar-refractivity contribution in [3.8, 4) is 11.5 Å². The number of aliphatic hydroxyl groups is 1. The Balaban J connectivity index is 3.03. The predicted octanol–water partition coefficient (Wildman–Crippen LogP) is 4.80. The normalized spacial score (nSPS) is 15.1. The molecule has 0 saturated heterocycles. The van der Waals surface area contributed by atoms with Gasteiger partial charge in [-0.25, -0.2) is 4.79 Å². The third-order valence-electron chi connectivity index (χ3n) is 6.28. The van der Waals surface area contributed by atoms with Crippen LogP contribution >= 0.6 is 0 Å². The highest BCUT2D eigenvalue weighted by atomic mass is 16.6. The maximum atomic E-state index is 12.6. The van der Waals surface area contributed by atoms with Crippen LogP contribution in [0.1, 0.15) is 79.7 Å². The first-order chi connectivity index (χ1) is 16.8. The molecular formula is C28H48N2O6. The van der Waals surface area contributed by atoms with E-state index in [2.05, 4.69) is 31.4 Å². The molecule has 0 aromatic heterocycles. The summed E-state index contributed by atoms with van der Waals surface area (Å²) in [6.45, 7) is 14.0. The number of ether oxygens (including phenoxy) is 2. The fourth-order valence-corrected chi connectivity index (χ4v) is 4.05. The largest absolute Gasteiger partial charge is 0.504 e. The van der Waals surface area contributed by atoms with Crippen molar-refractivity contribution >= 4 is 12.0 Å². The van der Waals surface area contributed by atoms with E-state index in [1.807, 2.05) is 6.07 Å². The number of rotatable bonds is 14. The summed E-state index contributed by atoms with van der Waals surface area (Å²) >= 11 is 0. The van der Waals surface area contributed by atoms with E-state index in [9.17, 15) is 19.8 Å². The number of carbonyl (C=O) groups is 2. The molecule has 8 nitrogen and oxygen atoms in total.